The number of nitrogens with one attached hydrogen (secondary N) is 4. The number of nitrogens with zero attached hydrogens (tertiary/aromatic N) is 2. The number of carbonyl (C=O) groups excluding carboxylic acids is 1. The lowest BCUT2D eigenvalue weighted by atomic mass is 9.91. The van der Waals surface area contributed by atoms with E-state index in [9.17, 15) is 4.79 Å². The molecule has 8 heteroatoms. The van der Waals surface area contributed by atoms with Gasteiger partial charge in [0.15, 0.2) is 0 Å². The van der Waals surface area contributed by atoms with Gasteiger partial charge >= 0.3 is 0 Å². The van der Waals surface area contributed by atoms with E-state index in [4.69, 9.17) is 16.6 Å². The average Bonchev–Trinajstić information content (AvgIpc) is 3.30. The molecule has 1 aliphatic carbocycles. The number of benzene rings is 1. The fraction of sp³-hybridized carbons (Fsp3) is 0.250. The SMILES string of the molecule is C=CC(=C)NC(=C)/C=C(\C)C(=O)N[C@H]1CC[C@H](Nc2ncc(Cl)c(-c3c[nH]c4ccccc34)n2)CC1. The maximum absolute atomic E-state index is 12.6. The first kappa shape index (κ1) is 25.3. The monoisotopic (exact) mass is 502 g/mol. The summed E-state index contributed by atoms with van der Waals surface area (Å²) in [6, 6.07) is 8.40. The molecule has 0 aliphatic heterocycles. The molecule has 36 heavy (non-hydrogen) atoms. The fourth-order valence-electron chi connectivity index (χ4n) is 4.38. The van der Waals surface area contributed by atoms with Crippen LogP contribution in [0.5, 0.6) is 0 Å². The lowest BCUT2D eigenvalue weighted by Crippen LogP contribution is -2.40. The maximum atomic E-state index is 12.6. The Kier molecular flexibility index (Phi) is 7.90. The highest BCUT2D eigenvalue weighted by Crippen LogP contribution is 2.32. The first-order valence-electron chi connectivity index (χ1n) is 12.0. The number of aromatic nitrogens is 3. The normalized spacial score (nSPS) is 17.9. The van der Waals surface area contributed by atoms with Crippen LogP contribution in [0.2, 0.25) is 5.02 Å². The van der Waals surface area contributed by atoms with Crippen molar-refractivity contribution in [3.63, 3.8) is 0 Å². The van der Waals surface area contributed by atoms with E-state index in [1.54, 1.807) is 25.3 Å². The number of amides is 1. The molecular weight excluding hydrogens is 472 g/mol. The van der Waals surface area contributed by atoms with Gasteiger partial charge in [-0.3, -0.25) is 4.79 Å². The average molecular weight is 503 g/mol. The molecule has 186 valence electrons. The Morgan fingerprint density at radius 2 is 1.86 bits per heavy atom. The minimum absolute atomic E-state index is 0.0945. The molecule has 0 unspecified atom stereocenters. The molecule has 1 aliphatic rings. The zero-order valence-corrected chi connectivity index (χ0v) is 21.2. The zero-order chi connectivity index (χ0) is 25.7. The van der Waals surface area contributed by atoms with Crippen LogP contribution < -0.4 is 16.0 Å². The van der Waals surface area contributed by atoms with Gasteiger partial charge in [-0.2, -0.15) is 0 Å². The summed E-state index contributed by atoms with van der Waals surface area (Å²) in [5, 5.41) is 11.1. The maximum Gasteiger partial charge on any atom is 0.247 e. The lowest BCUT2D eigenvalue weighted by molar-refractivity contribution is -0.118. The summed E-state index contributed by atoms with van der Waals surface area (Å²) in [7, 11) is 0. The first-order chi connectivity index (χ1) is 17.3. The Morgan fingerprint density at radius 1 is 1.14 bits per heavy atom. The number of H-pyrrole nitrogens is 1. The van der Waals surface area contributed by atoms with Gasteiger partial charge in [-0.05, 0) is 50.8 Å². The fourth-order valence-corrected chi connectivity index (χ4v) is 4.57. The van der Waals surface area contributed by atoms with Crippen molar-refractivity contribution >= 4 is 34.4 Å². The van der Waals surface area contributed by atoms with Crippen molar-refractivity contribution in [1.82, 2.24) is 25.6 Å². The number of aromatic amines is 1. The third kappa shape index (κ3) is 6.04. The Balaban J connectivity index is 1.33. The summed E-state index contributed by atoms with van der Waals surface area (Å²) in [5.74, 6) is 0.459. The van der Waals surface area contributed by atoms with Crippen LogP contribution in [0.4, 0.5) is 5.95 Å². The van der Waals surface area contributed by atoms with Gasteiger partial charge in [0.2, 0.25) is 11.9 Å². The summed E-state index contributed by atoms with van der Waals surface area (Å²) < 4.78 is 0. The molecule has 0 spiro atoms. The smallest absolute Gasteiger partial charge is 0.247 e. The number of para-hydroxylation sites is 1. The van der Waals surface area contributed by atoms with Gasteiger partial charge in [-0.15, -0.1) is 0 Å². The summed E-state index contributed by atoms with van der Waals surface area (Å²) in [6.07, 6.45) is 10.4. The number of carbonyl (C=O) groups is 1. The molecule has 0 saturated heterocycles. The van der Waals surface area contributed by atoms with Crippen molar-refractivity contribution in [2.45, 2.75) is 44.7 Å². The molecule has 4 N–H and O–H groups in total. The van der Waals surface area contributed by atoms with Gasteiger partial charge in [0.1, 0.15) is 0 Å². The zero-order valence-electron chi connectivity index (χ0n) is 20.4. The Bertz CT molecular complexity index is 1330. The van der Waals surface area contributed by atoms with Gasteiger partial charge in [-0.1, -0.05) is 49.5 Å². The number of rotatable bonds is 9. The highest BCUT2D eigenvalue weighted by Gasteiger charge is 2.24. The third-order valence-electron chi connectivity index (χ3n) is 6.30. The molecule has 7 nitrogen and oxygen atoms in total. The summed E-state index contributed by atoms with van der Waals surface area (Å²) >= 11 is 6.46. The van der Waals surface area contributed by atoms with E-state index in [-0.39, 0.29) is 18.0 Å². The van der Waals surface area contributed by atoms with Crippen molar-refractivity contribution in [1.29, 1.82) is 0 Å². The van der Waals surface area contributed by atoms with Crippen molar-refractivity contribution in [3.05, 3.63) is 90.5 Å². The Morgan fingerprint density at radius 3 is 2.61 bits per heavy atom. The van der Waals surface area contributed by atoms with Gasteiger partial charge in [0, 0.05) is 51.7 Å². The second kappa shape index (κ2) is 11.3. The summed E-state index contributed by atoms with van der Waals surface area (Å²) in [6.45, 7) is 13.1. The second-order valence-electron chi connectivity index (χ2n) is 9.01. The van der Waals surface area contributed by atoms with E-state index in [0.29, 0.717) is 33.6 Å². The number of hydrogen-bond acceptors (Lipinski definition) is 5. The molecule has 2 heterocycles. The number of hydrogen-bond donors (Lipinski definition) is 4. The quantitative estimate of drug-likeness (QED) is 0.217. The number of allylic oxidation sites excluding steroid dienone is 2. The predicted octanol–water partition coefficient (Wildman–Crippen LogP) is 5.87. The first-order valence-corrected chi connectivity index (χ1v) is 12.3. The molecular formula is C28H31ClN6O. The second-order valence-corrected chi connectivity index (χ2v) is 9.42. The van der Waals surface area contributed by atoms with Crippen molar-refractivity contribution in [3.8, 4) is 11.3 Å². The van der Waals surface area contributed by atoms with E-state index in [1.807, 2.05) is 30.5 Å². The minimum atomic E-state index is -0.0945. The molecule has 0 atom stereocenters. The van der Waals surface area contributed by atoms with Crippen LogP contribution >= 0.6 is 11.6 Å². The van der Waals surface area contributed by atoms with Crippen molar-refractivity contribution in [2.75, 3.05) is 5.32 Å². The molecule has 2 aromatic heterocycles. The van der Waals surface area contributed by atoms with Crippen LogP contribution in [0.25, 0.3) is 22.2 Å². The molecule has 1 amide bonds. The van der Waals surface area contributed by atoms with E-state index >= 15 is 0 Å². The topological polar surface area (TPSA) is 94.7 Å². The lowest BCUT2D eigenvalue weighted by Gasteiger charge is -2.29. The molecule has 1 aromatic carbocycles. The third-order valence-corrected chi connectivity index (χ3v) is 6.58. The highest BCUT2D eigenvalue weighted by molar-refractivity contribution is 6.33. The number of halogens is 1. The molecule has 4 rings (SSSR count). The molecule has 0 radical (unpaired) electrons. The van der Waals surface area contributed by atoms with Gasteiger partial charge in [-0.25, -0.2) is 9.97 Å². The van der Waals surface area contributed by atoms with E-state index in [2.05, 4.69) is 45.7 Å². The van der Waals surface area contributed by atoms with Crippen LogP contribution in [-0.2, 0) is 4.79 Å². The largest absolute Gasteiger partial charge is 0.360 e. The molecule has 0 bridgehead atoms. The molecule has 1 fully saturated rings. The number of anilines is 1. The minimum Gasteiger partial charge on any atom is -0.360 e. The Hall–Kier alpha value is -3.84. The van der Waals surface area contributed by atoms with E-state index < -0.39 is 0 Å². The number of fused-ring (bicyclic) bond motifs is 1. The van der Waals surface area contributed by atoms with E-state index in [1.165, 1.54) is 0 Å². The summed E-state index contributed by atoms with van der Waals surface area (Å²) in [4.78, 5) is 25.0. The Labute approximate surface area is 216 Å². The van der Waals surface area contributed by atoms with E-state index in [0.717, 1.165) is 42.1 Å². The van der Waals surface area contributed by atoms with Crippen molar-refractivity contribution in [2.24, 2.45) is 0 Å². The molecule has 1 saturated carbocycles. The van der Waals surface area contributed by atoms with Crippen LogP contribution in [0.1, 0.15) is 32.6 Å². The van der Waals surface area contributed by atoms with Crippen LogP contribution in [0.15, 0.2) is 85.5 Å². The standard InChI is InChI=1S/C28H31ClN6O/c1-5-18(3)32-19(4)14-17(2)27(36)33-20-10-12-21(13-11-20)34-28-31-16-24(29)26(35-28)23-15-30-25-9-7-6-8-22(23)25/h5-9,14-16,20-21,30,32H,1,3-4,10-13H2,2H3,(H,33,36)(H,31,34,35)/b17-14+/t20-,21-. The molecule has 3 aromatic rings. The summed E-state index contributed by atoms with van der Waals surface area (Å²) in [5.41, 5.74) is 4.49. The predicted molar refractivity (Wildman–Crippen MR) is 148 cm³/mol. The van der Waals surface area contributed by atoms with Crippen molar-refractivity contribution < 1.29 is 4.79 Å². The van der Waals surface area contributed by atoms with Crippen LogP contribution in [0, 0.1) is 0 Å². The highest BCUT2D eigenvalue weighted by atomic mass is 35.5. The van der Waals surface area contributed by atoms with Crippen LogP contribution in [0.3, 0.4) is 0 Å². The van der Waals surface area contributed by atoms with Gasteiger partial charge in [0.25, 0.3) is 0 Å². The van der Waals surface area contributed by atoms with Gasteiger partial charge in [0.05, 0.1) is 16.9 Å². The van der Waals surface area contributed by atoms with Gasteiger partial charge < -0.3 is 20.9 Å². The van der Waals surface area contributed by atoms with Crippen LogP contribution in [-0.4, -0.2) is 32.9 Å².